The number of carbonyl (C=O) groups excluding carboxylic acids is 1. The number of phenols is 1. The molecule has 0 saturated carbocycles. The maximum Gasteiger partial charge on any atom is 0.197 e. The summed E-state index contributed by atoms with van der Waals surface area (Å²) in [5.41, 5.74) is 2.32. The summed E-state index contributed by atoms with van der Waals surface area (Å²) in [6.45, 7) is -0.134. The van der Waals surface area contributed by atoms with Crippen LogP contribution in [0.3, 0.4) is 0 Å². The van der Waals surface area contributed by atoms with E-state index in [4.69, 9.17) is 4.74 Å². The van der Waals surface area contributed by atoms with Crippen LogP contribution in [-0.4, -0.2) is 28.2 Å². The number of allylic oxidation sites excluding steroid dienone is 2. The Morgan fingerprint density at radius 2 is 2.14 bits per heavy atom. The average Bonchev–Trinajstić information content (AvgIpc) is 2.48. The molecule has 5 heteroatoms. The second-order valence-corrected chi connectivity index (χ2v) is 5.63. The molecule has 21 heavy (non-hydrogen) atoms. The maximum absolute atomic E-state index is 11.8. The number of hydrogen-bond donors (Lipinski definition) is 3. The van der Waals surface area contributed by atoms with Gasteiger partial charge >= 0.3 is 0 Å². The van der Waals surface area contributed by atoms with Crippen molar-refractivity contribution in [2.24, 2.45) is 5.92 Å². The number of ether oxygens (including phenoxy) is 1. The molecule has 0 saturated heterocycles. The highest BCUT2D eigenvalue weighted by Gasteiger charge is 2.38. The lowest BCUT2D eigenvalue weighted by Crippen LogP contribution is -2.28. The number of ketones is 1. The van der Waals surface area contributed by atoms with Gasteiger partial charge in [0, 0.05) is 17.9 Å². The summed E-state index contributed by atoms with van der Waals surface area (Å²) in [5.74, 6) is -0.273. The Balaban J connectivity index is 2.18. The van der Waals surface area contributed by atoms with E-state index in [1.54, 1.807) is 12.1 Å². The number of aliphatic hydroxyl groups excluding tert-OH is 2. The van der Waals surface area contributed by atoms with Crippen molar-refractivity contribution in [3.63, 3.8) is 0 Å². The molecule has 0 heterocycles. The van der Waals surface area contributed by atoms with Gasteiger partial charge in [0.1, 0.15) is 0 Å². The first-order valence-electron chi connectivity index (χ1n) is 7.03. The largest absolute Gasteiger partial charge is 0.505 e. The molecule has 0 aliphatic heterocycles. The molecule has 2 aliphatic rings. The molecule has 5 nitrogen and oxygen atoms in total. The number of methoxy groups -OCH3 is 1. The Labute approximate surface area is 122 Å². The SMILES string of the molecule is COc1cc(CO)c2c(c1O)C1CC(=O)C(O)=CC1CC2. The van der Waals surface area contributed by atoms with Crippen LogP contribution in [-0.2, 0) is 17.8 Å². The first-order chi connectivity index (χ1) is 10.1. The third kappa shape index (κ3) is 2.08. The Morgan fingerprint density at radius 1 is 1.38 bits per heavy atom. The Bertz CT molecular complexity index is 632. The minimum Gasteiger partial charge on any atom is -0.505 e. The highest BCUT2D eigenvalue weighted by Crippen LogP contribution is 2.50. The highest BCUT2D eigenvalue weighted by atomic mass is 16.5. The molecule has 0 aromatic heterocycles. The molecule has 2 atom stereocenters. The van der Waals surface area contributed by atoms with Crippen LogP contribution in [0.25, 0.3) is 0 Å². The fourth-order valence-corrected chi connectivity index (χ4v) is 3.53. The molecule has 112 valence electrons. The van der Waals surface area contributed by atoms with E-state index in [0.29, 0.717) is 17.7 Å². The monoisotopic (exact) mass is 290 g/mol. The van der Waals surface area contributed by atoms with Crippen LogP contribution in [0.4, 0.5) is 0 Å². The van der Waals surface area contributed by atoms with Crippen molar-refractivity contribution in [2.45, 2.75) is 31.8 Å². The topological polar surface area (TPSA) is 87.0 Å². The summed E-state index contributed by atoms with van der Waals surface area (Å²) in [4.78, 5) is 11.8. The number of aromatic hydroxyl groups is 1. The first-order valence-corrected chi connectivity index (χ1v) is 7.03. The van der Waals surface area contributed by atoms with Crippen LogP contribution in [0.5, 0.6) is 11.5 Å². The number of hydrogen-bond acceptors (Lipinski definition) is 5. The molecular formula is C16H18O5. The number of benzene rings is 1. The minimum atomic E-state index is -0.308. The minimum absolute atomic E-state index is 0.0275. The van der Waals surface area contributed by atoms with Gasteiger partial charge in [-0.3, -0.25) is 4.79 Å². The summed E-state index contributed by atoms with van der Waals surface area (Å²) in [7, 11) is 1.46. The van der Waals surface area contributed by atoms with Gasteiger partial charge in [0.2, 0.25) is 0 Å². The Morgan fingerprint density at radius 3 is 2.81 bits per heavy atom. The molecular weight excluding hydrogens is 272 g/mol. The van der Waals surface area contributed by atoms with Crippen molar-refractivity contribution in [3.8, 4) is 11.5 Å². The van der Waals surface area contributed by atoms with Gasteiger partial charge in [-0.1, -0.05) is 0 Å². The van der Waals surface area contributed by atoms with E-state index in [9.17, 15) is 20.1 Å². The molecule has 0 spiro atoms. The van der Waals surface area contributed by atoms with Crippen LogP contribution in [0.1, 0.15) is 35.4 Å². The number of phenolic OH excluding ortho intramolecular Hbond substituents is 1. The third-order valence-corrected chi connectivity index (χ3v) is 4.58. The van der Waals surface area contributed by atoms with Crippen molar-refractivity contribution < 1.29 is 24.9 Å². The van der Waals surface area contributed by atoms with E-state index in [0.717, 1.165) is 17.5 Å². The number of rotatable bonds is 2. The molecule has 2 unspecified atom stereocenters. The third-order valence-electron chi connectivity index (χ3n) is 4.58. The van der Waals surface area contributed by atoms with Crippen molar-refractivity contribution >= 4 is 5.78 Å². The Kier molecular flexibility index (Phi) is 3.37. The molecule has 0 fully saturated rings. The zero-order valence-corrected chi connectivity index (χ0v) is 11.8. The lowest BCUT2D eigenvalue weighted by atomic mass is 9.69. The molecule has 1 aromatic carbocycles. The van der Waals surface area contributed by atoms with E-state index >= 15 is 0 Å². The summed E-state index contributed by atoms with van der Waals surface area (Å²) < 4.78 is 5.17. The lowest BCUT2D eigenvalue weighted by Gasteiger charge is -2.35. The number of Topliss-reactive ketones (excluding diaryl/α,β-unsaturated/α-hetero) is 1. The zero-order chi connectivity index (χ0) is 15.1. The summed E-state index contributed by atoms with van der Waals surface area (Å²) in [6, 6.07) is 1.65. The normalized spacial score (nSPS) is 24.1. The van der Waals surface area contributed by atoms with Gasteiger partial charge < -0.3 is 20.1 Å². The van der Waals surface area contributed by atoms with Crippen LogP contribution >= 0.6 is 0 Å². The first kappa shape index (κ1) is 13.9. The second-order valence-electron chi connectivity index (χ2n) is 5.63. The highest BCUT2D eigenvalue weighted by molar-refractivity contribution is 5.94. The fourth-order valence-electron chi connectivity index (χ4n) is 3.53. The lowest BCUT2D eigenvalue weighted by molar-refractivity contribution is -0.119. The average molecular weight is 290 g/mol. The fraction of sp³-hybridized carbons (Fsp3) is 0.438. The van der Waals surface area contributed by atoms with E-state index in [2.05, 4.69) is 0 Å². The van der Waals surface area contributed by atoms with Crippen molar-refractivity contribution in [1.29, 1.82) is 0 Å². The van der Waals surface area contributed by atoms with Crippen LogP contribution in [0.15, 0.2) is 17.9 Å². The second kappa shape index (κ2) is 5.07. The summed E-state index contributed by atoms with van der Waals surface area (Å²) in [6.07, 6.45) is 3.25. The number of aliphatic hydroxyl groups is 2. The summed E-state index contributed by atoms with van der Waals surface area (Å²) in [5, 5.41) is 29.6. The van der Waals surface area contributed by atoms with Gasteiger partial charge in [0.15, 0.2) is 23.0 Å². The number of carbonyl (C=O) groups is 1. The molecule has 2 aliphatic carbocycles. The van der Waals surface area contributed by atoms with Crippen LogP contribution in [0, 0.1) is 5.92 Å². The van der Waals surface area contributed by atoms with Gasteiger partial charge in [-0.25, -0.2) is 0 Å². The van der Waals surface area contributed by atoms with Gasteiger partial charge in [-0.05, 0) is 42.0 Å². The molecule has 1 aromatic rings. The van der Waals surface area contributed by atoms with E-state index in [1.165, 1.54) is 7.11 Å². The predicted octanol–water partition coefficient (Wildman–Crippen LogP) is 1.95. The molecule has 0 amide bonds. The van der Waals surface area contributed by atoms with Gasteiger partial charge in [0.25, 0.3) is 0 Å². The summed E-state index contributed by atoms with van der Waals surface area (Å²) >= 11 is 0. The van der Waals surface area contributed by atoms with Crippen molar-refractivity contribution in [2.75, 3.05) is 7.11 Å². The van der Waals surface area contributed by atoms with Gasteiger partial charge in [0.05, 0.1) is 13.7 Å². The molecule has 3 N–H and O–H groups in total. The van der Waals surface area contributed by atoms with Gasteiger partial charge in [-0.15, -0.1) is 0 Å². The van der Waals surface area contributed by atoms with Crippen molar-refractivity contribution in [1.82, 2.24) is 0 Å². The van der Waals surface area contributed by atoms with E-state index in [-0.39, 0.29) is 42.2 Å². The van der Waals surface area contributed by atoms with Gasteiger partial charge in [-0.2, -0.15) is 0 Å². The number of fused-ring (bicyclic) bond motifs is 3. The zero-order valence-electron chi connectivity index (χ0n) is 11.8. The Hall–Kier alpha value is -2.01. The molecule has 0 bridgehead atoms. The van der Waals surface area contributed by atoms with Crippen LogP contribution in [0.2, 0.25) is 0 Å². The van der Waals surface area contributed by atoms with E-state index < -0.39 is 0 Å². The smallest absolute Gasteiger partial charge is 0.197 e. The quantitative estimate of drug-likeness (QED) is 0.775. The predicted molar refractivity (Wildman–Crippen MR) is 75.5 cm³/mol. The standard InChI is InChI=1S/C16H18O5/c1-21-14-5-9(7-17)10-3-2-8-4-12(18)13(19)6-11(8)15(10)16(14)20/h4-5,8,11,17-18,20H,2-3,6-7H2,1H3. The molecule has 3 rings (SSSR count). The maximum atomic E-state index is 11.8. The van der Waals surface area contributed by atoms with Crippen molar-refractivity contribution in [3.05, 3.63) is 34.6 Å². The molecule has 0 radical (unpaired) electrons. The van der Waals surface area contributed by atoms with E-state index in [1.807, 2.05) is 0 Å². The van der Waals surface area contributed by atoms with Crippen LogP contribution < -0.4 is 4.74 Å².